The van der Waals surface area contributed by atoms with E-state index in [0.717, 1.165) is 0 Å². The Morgan fingerprint density at radius 2 is 1.02 bits per heavy atom. The molecule has 2 aliphatic rings. The quantitative estimate of drug-likeness (QED) is 0.135. The molecule has 5 aromatic rings. The zero-order chi connectivity index (χ0) is 36.5. The van der Waals surface area contributed by atoms with Gasteiger partial charge in [0.25, 0.3) is 11.4 Å². The fourth-order valence-electron chi connectivity index (χ4n) is 7.13. The van der Waals surface area contributed by atoms with Crippen LogP contribution in [-0.4, -0.2) is 0 Å². The maximum absolute atomic E-state index is 14.5. The zero-order valence-corrected chi connectivity index (χ0v) is 26.1. The highest BCUT2D eigenvalue weighted by Crippen LogP contribution is 2.43. The fraction of sp³-hybridized carbons (Fsp3) is 0.100. The van der Waals surface area contributed by atoms with E-state index in [9.17, 15) is 41.3 Å². The van der Waals surface area contributed by atoms with Gasteiger partial charge < -0.3 is 0 Å². The average Bonchev–Trinajstić information content (AvgIpc) is 3.65. The highest BCUT2D eigenvalue weighted by atomic mass is 19.4. The Morgan fingerprint density at radius 3 is 1.37 bits per heavy atom. The third-order valence-electron chi connectivity index (χ3n) is 9.37. The number of hydrogen-bond donors (Lipinski definition) is 0. The Morgan fingerprint density at radius 1 is 0.627 bits per heavy atom. The number of alkyl halides is 3. The van der Waals surface area contributed by atoms with Crippen LogP contribution in [0.25, 0.3) is 65.6 Å². The molecule has 0 amide bonds. The molecule has 4 nitrogen and oxygen atoms in total. The fourth-order valence-corrected chi connectivity index (χ4v) is 7.13. The van der Waals surface area contributed by atoms with Crippen molar-refractivity contribution in [3.05, 3.63) is 151 Å². The van der Waals surface area contributed by atoms with Crippen molar-refractivity contribution in [2.75, 3.05) is 0 Å². The molecular formula is C40H17F7N4. The summed E-state index contributed by atoms with van der Waals surface area (Å²) >= 11 is 0. The summed E-state index contributed by atoms with van der Waals surface area (Å²) in [5, 5.41) is 20.8. The topological polar surface area (TPSA) is 56.3 Å². The molecular weight excluding hydrogens is 669 g/mol. The van der Waals surface area contributed by atoms with E-state index < -0.39 is 35.0 Å². The summed E-state index contributed by atoms with van der Waals surface area (Å²) in [5.74, 6) is -5.00. The average molecular weight is 687 g/mol. The minimum atomic E-state index is -5.24. The molecule has 0 saturated carbocycles. The first kappa shape index (κ1) is 32.8. The van der Waals surface area contributed by atoms with Gasteiger partial charge in [0.1, 0.15) is 28.8 Å². The molecule has 0 heterocycles. The van der Waals surface area contributed by atoms with E-state index >= 15 is 0 Å². The van der Waals surface area contributed by atoms with E-state index in [0.29, 0.717) is 62.2 Å². The number of nitrogens with zero attached hydrogens (tertiary/aromatic N) is 4. The summed E-state index contributed by atoms with van der Waals surface area (Å²) in [7, 11) is 0. The predicted molar refractivity (Wildman–Crippen MR) is 174 cm³/mol. The molecule has 51 heavy (non-hydrogen) atoms. The van der Waals surface area contributed by atoms with E-state index in [4.69, 9.17) is 13.1 Å². The van der Waals surface area contributed by atoms with E-state index in [1.165, 1.54) is 31.2 Å². The second kappa shape index (κ2) is 11.7. The smallest absolute Gasteiger partial charge is 0.226 e. The van der Waals surface area contributed by atoms with Gasteiger partial charge in [-0.05, 0) is 111 Å². The monoisotopic (exact) mass is 686 g/mol. The van der Waals surface area contributed by atoms with Crippen LogP contribution in [0, 0.1) is 66.0 Å². The lowest BCUT2D eigenvalue weighted by Gasteiger charge is -2.14. The number of rotatable bonds is 2. The Hall–Kier alpha value is -6.69. The highest BCUT2D eigenvalue weighted by Gasteiger charge is 2.38. The second-order valence-corrected chi connectivity index (χ2v) is 12.1. The van der Waals surface area contributed by atoms with Gasteiger partial charge in [0.05, 0.1) is 25.3 Å². The Labute approximate surface area is 285 Å². The van der Waals surface area contributed by atoms with Crippen molar-refractivity contribution in [3.8, 4) is 56.6 Å². The standard InChI is InChI=1S/C40H17F7N4/c1-18-29(41)12-21(13-30(18)42)19-4-6-25-23(8-19)10-27-35(25)38(34(17-49)51-3)28-11-24-9-20(5-7-26(24)36(28)37(27)33(16-48)50-2)22-14-31(43)39(32(44)15-22)40(45,46)47/h4-9,12-15H,10-11H2,1H3/b37-33+,38-34-. The van der Waals surface area contributed by atoms with E-state index in [2.05, 4.69) is 9.69 Å². The molecule has 0 aliphatic heterocycles. The molecule has 246 valence electrons. The third kappa shape index (κ3) is 5.02. The summed E-state index contributed by atoms with van der Waals surface area (Å²) in [6, 6.07) is 17.1. The molecule has 7 rings (SSSR count). The molecule has 0 fully saturated rings. The lowest BCUT2D eigenvalue weighted by Crippen LogP contribution is -2.25. The van der Waals surface area contributed by atoms with Crippen molar-refractivity contribution in [2.24, 2.45) is 0 Å². The minimum absolute atomic E-state index is 0.0481. The number of nitriles is 2. The Kier molecular flexibility index (Phi) is 7.55. The summed E-state index contributed by atoms with van der Waals surface area (Å²) < 4.78 is 97.7. The summed E-state index contributed by atoms with van der Waals surface area (Å²) in [5.41, 5.74) is 2.23. The van der Waals surface area contributed by atoms with Gasteiger partial charge in [0.15, 0.2) is 0 Å². The van der Waals surface area contributed by atoms with E-state index in [-0.39, 0.29) is 56.9 Å². The normalized spacial score (nSPS) is 13.5. The molecule has 0 bridgehead atoms. The molecule has 0 unspecified atom stereocenters. The van der Waals surface area contributed by atoms with Crippen molar-refractivity contribution >= 4 is 11.4 Å². The van der Waals surface area contributed by atoms with Crippen LogP contribution in [-0.2, 0) is 19.0 Å². The van der Waals surface area contributed by atoms with Crippen molar-refractivity contribution in [1.29, 1.82) is 10.5 Å². The Bertz CT molecular complexity index is 2660. The van der Waals surface area contributed by atoms with Crippen LogP contribution < -0.4 is 10.4 Å². The van der Waals surface area contributed by atoms with Crippen LogP contribution in [0.4, 0.5) is 30.7 Å². The number of halogens is 7. The van der Waals surface area contributed by atoms with E-state index in [1.54, 1.807) is 24.3 Å². The SMILES string of the molecule is [C-]#[N+]/C(C#N)=c1/c2c(/c(=C(\C#N)[N+]#[C-])c3c1-c1ccc(-c4cc(F)c(C)c(F)c4)cc1C3)-c1ccc(-c3cc(F)c(C(F)(F)F)c(F)c3)cc1C2. The van der Waals surface area contributed by atoms with Crippen LogP contribution >= 0.6 is 0 Å². The number of benzene rings is 5. The van der Waals surface area contributed by atoms with Crippen LogP contribution in [0.2, 0.25) is 0 Å². The van der Waals surface area contributed by atoms with Gasteiger partial charge in [-0.2, -0.15) is 13.2 Å². The summed E-state index contributed by atoms with van der Waals surface area (Å²) in [6.45, 7) is 17.1. The lowest BCUT2D eigenvalue weighted by atomic mass is 9.90. The highest BCUT2D eigenvalue weighted by molar-refractivity contribution is 5.93. The second-order valence-electron chi connectivity index (χ2n) is 12.1. The first-order chi connectivity index (χ1) is 24.3. The summed E-state index contributed by atoms with van der Waals surface area (Å²) in [4.78, 5) is 7.00. The molecule has 0 atom stereocenters. The van der Waals surface area contributed by atoms with Gasteiger partial charge >= 0.3 is 6.18 Å². The number of fused-ring (bicyclic) bond motifs is 6. The van der Waals surface area contributed by atoms with Crippen molar-refractivity contribution < 1.29 is 30.7 Å². The molecule has 0 N–H and O–H groups in total. The molecule has 11 heteroatoms. The maximum Gasteiger partial charge on any atom is 0.422 e. The van der Waals surface area contributed by atoms with Crippen LogP contribution in [0.5, 0.6) is 0 Å². The largest absolute Gasteiger partial charge is 0.422 e. The molecule has 2 aliphatic carbocycles. The zero-order valence-electron chi connectivity index (χ0n) is 26.1. The Balaban J connectivity index is 1.49. The molecule has 0 saturated heterocycles. The van der Waals surface area contributed by atoms with Gasteiger partial charge in [-0.15, -0.1) is 0 Å². The van der Waals surface area contributed by atoms with Gasteiger partial charge in [0, 0.05) is 16.0 Å². The van der Waals surface area contributed by atoms with Crippen molar-refractivity contribution in [3.63, 3.8) is 0 Å². The van der Waals surface area contributed by atoms with Gasteiger partial charge in [0.2, 0.25) is 0 Å². The first-order valence-corrected chi connectivity index (χ1v) is 15.1. The van der Waals surface area contributed by atoms with Crippen LogP contribution in [0.1, 0.15) is 33.4 Å². The minimum Gasteiger partial charge on any atom is -0.226 e. The third-order valence-corrected chi connectivity index (χ3v) is 9.37. The molecule has 5 aromatic carbocycles. The number of hydrogen-bond acceptors (Lipinski definition) is 2. The molecule has 0 aromatic heterocycles. The maximum atomic E-state index is 14.5. The first-order valence-electron chi connectivity index (χ1n) is 15.1. The van der Waals surface area contributed by atoms with Crippen molar-refractivity contribution in [1.82, 2.24) is 0 Å². The molecule has 0 spiro atoms. The van der Waals surface area contributed by atoms with Gasteiger partial charge in [-0.1, -0.05) is 36.4 Å². The van der Waals surface area contributed by atoms with E-state index in [1.807, 2.05) is 12.1 Å². The predicted octanol–water partition coefficient (Wildman–Crippen LogP) is 9.15. The van der Waals surface area contributed by atoms with Crippen molar-refractivity contribution in [2.45, 2.75) is 25.9 Å². The van der Waals surface area contributed by atoms with Crippen LogP contribution in [0.15, 0.2) is 60.7 Å². The lowest BCUT2D eigenvalue weighted by molar-refractivity contribution is -0.142. The summed E-state index contributed by atoms with van der Waals surface area (Å²) in [6.07, 6.45) is -5.06. The van der Waals surface area contributed by atoms with Crippen LogP contribution in [0.3, 0.4) is 0 Å². The van der Waals surface area contributed by atoms with Gasteiger partial charge in [-0.3, -0.25) is 0 Å². The van der Waals surface area contributed by atoms with Gasteiger partial charge in [-0.25, -0.2) is 37.8 Å². The molecule has 0 radical (unpaired) electrons.